The van der Waals surface area contributed by atoms with Crippen LogP contribution in [0, 0.1) is 0 Å². The third kappa shape index (κ3) is 6.32. The van der Waals surface area contributed by atoms with Gasteiger partial charge in [0.15, 0.2) is 0 Å². The SMILES string of the molecule is C=C.C=C/C=C(\C(=C)C(=C)/C=C\C(=C)C(=C)/C=C\C)n1c2ccccc2c2cc(-c3ccc4c(c3)c3ccccc3n4-c3ccccc3)ccc21. The second-order valence-electron chi connectivity index (χ2n) is 12.2. The zero-order valence-electron chi connectivity index (χ0n) is 29.3. The Bertz CT molecular complexity index is 2590. The van der Waals surface area contributed by atoms with Crippen LogP contribution in [0.15, 0.2) is 220 Å². The van der Waals surface area contributed by atoms with Crippen molar-refractivity contribution in [2.45, 2.75) is 6.92 Å². The summed E-state index contributed by atoms with van der Waals surface area (Å²) in [7, 11) is 0. The molecule has 7 rings (SSSR count). The lowest BCUT2D eigenvalue weighted by Crippen LogP contribution is -2.01. The molecule has 0 amide bonds. The van der Waals surface area contributed by atoms with Crippen molar-refractivity contribution in [2.75, 3.05) is 0 Å². The van der Waals surface area contributed by atoms with Gasteiger partial charge in [-0.15, -0.1) is 13.2 Å². The zero-order chi connectivity index (χ0) is 36.1. The molecule has 51 heavy (non-hydrogen) atoms. The highest BCUT2D eigenvalue weighted by molar-refractivity contribution is 6.13. The molecule has 5 aromatic carbocycles. The van der Waals surface area contributed by atoms with Crippen molar-refractivity contribution in [3.63, 3.8) is 0 Å². The van der Waals surface area contributed by atoms with Gasteiger partial charge in [0.2, 0.25) is 0 Å². The van der Waals surface area contributed by atoms with Crippen LogP contribution in [0.2, 0.25) is 0 Å². The van der Waals surface area contributed by atoms with Crippen LogP contribution in [0.4, 0.5) is 0 Å². The first-order valence-electron chi connectivity index (χ1n) is 16.9. The zero-order valence-corrected chi connectivity index (χ0v) is 29.3. The molecule has 2 aromatic heterocycles. The molecule has 248 valence electrons. The lowest BCUT2D eigenvalue weighted by atomic mass is 10.0. The number of nitrogens with zero attached hydrogens (tertiary/aromatic N) is 2. The smallest absolute Gasteiger partial charge is 0.0541 e. The van der Waals surface area contributed by atoms with E-state index in [1.165, 1.54) is 38.1 Å². The van der Waals surface area contributed by atoms with Crippen molar-refractivity contribution in [1.82, 2.24) is 9.13 Å². The summed E-state index contributed by atoms with van der Waals surface area (Å²) in [6.07, 6.45) is 11.6. The van der Waals surface area contributed by atoms with E-state index in [1.807, 2.05) is 37.3 Å². The highest BCUT2D eigenvalue weighted by Gasteiger charge is 2.18. The van der Waals surface area contributed by atoms with Crippen LogP contribution in [0.5, 0.6) is 0 Å². The highest BCUT2D eigenvalue weighted by atomic mass is 15.0. The molecule has 0 radical (unpaired) electrons. The second kappa shape index (κ2) is 14.9. The number of fused-ring (bicyclic) bond motifs is 6. The van der Waals surface area contributed by atoms with Gasteiger partial charge in [0.05, 0.1) is 27.8 Å². The Morgan fingerprint density at radius 2 is 1.02 bits per heavy atom. The molecule has 0 fully saturated rings. The Labute approximate surface area is 301 Å². The second-order valence-corrected chi connectivity index (χ2v) is 12.2. The molecule has 0 saturated heterocycles. The molecular formula is C49H42N2. The Balaban J connectivity index is 0.00000220. The molecule has 7 aromatic rings. The minimum Gasteiger partial charge on any atom is -0.309 e. The first-order chi connectivity index (χ1) is 24.9. The van der Waals surface area contributed by atoms with Crippen LogP contribution in [0.25, 0.3) is 66.1 Å². The summed E-state index contributed by atoms with van der Waals surface area (Å²) in [6, 6.07) is 41.3. The summed E-state index contributed by atoms with van der Waals surface area (Å²) < 4.78 is 4.62. The maximum atomic E-state index is 4.49. The van der Waals surface area contributed by atoms with E-state index in [0.717, 1.165) is 50.3 Å². The van der Waals surface area contributed by atoms with E-state index in [9.17, 15) is 0 Å². The van der Waals surface area contributed by atoms with E-state index in [0.29, 0.717) is 0 Å². The number of para-hydroxylation sites is 3. The average Bonchev–Trinajstić information content (AvgIpc) is 3.69. The molecular weight excluding hydrogens is 617 g/mol. The summed E-state index contributed by atoms with van der Waals surface area (Å²) in [4.78, 5) is 0. The van der Waals surface area contributed by atoms with Crippen molar-refractivity contribution >= 4 is 49.3 Å². The number of allylic oxidation sites excluding steroid dienone is 11. The standard InChI is InChI=1S/C47H38N2.C2H4/c1-7-16-32(3)33(4)24-25-34(5)35(6)43(17-8-2)49-45-23-15-13-21-40(45)42-31-37(27-29-47(42)49)36-26-28-46-41(30-36)39-20-12-14-22-44(39)48(46)38-18-10-9-11-19-38;1-2/h7-31H,2-6H2,1H3;1-2H2/b16-7-,25-24-,43-17+;. The summed E-state index contributed by atoms with van der Waals surface area (Å²) in [6.45, 7) is 29.1. The quantitative estimate of drug-likeness (QED) is 0.102. The maximum absolute atomic E-state index is 4.49. The molecule has 0 aliphatic heterocycles. The Morgan fingerprint density at radius 3 is 1.67 bits per heavy atom. The van der Waals surface area contributed by atoms with Gasteiger partial charge in [-0.05, 0) is 95.0 Å². The van der Waals surface area contributed by atoms with Gasteiger partial charge in [-0.25, -0.2) is 0 Å². The molecule has 0 N–H and O–H groups in total. The minimum atomic E-state index is 0.785. The summed E-state index contributed by atoms with van der Waals surface area (Å²) >= 11 is 0. The van der Waals surface area contributed by atoms with E-state index in [-0.39, 0.29) is 0 Å². The first kappa shape index (κ1) is 34.2. The predicted molar refractivity (Wildman–Crippen MR) is 225 cm³/mol. The summed E-state index contributed by atoms with van der Waals surface area (Å²) in [5, 5.41) is 4.80. The van der Waals surface area contributed by atoms with Crippen molar-refractivity contribution in [3.8, 4) is 16.8 Å². The summed E-state index contributed by atoms with van der Waals surface area (Å²) in [5.74, 6) is 0. The minimum absolute atomic E-state index is 0.785. The lowest BCUT2D eigenvalue weighted by molar-refractivity contribution is 1.18. The number of rotatable bonds is 10. The van der Waals surface area contributed by atoms with Gasteiger partial charge >= 0.3 is 0 Å². The van der Waals surface area contributed by atoms with Crippen molar-refractivity contribution < 1.29 is 0 Å². The molecule has 2 heteroatoms. The van der Waals surface area contributed by atoms with Crippen LogP contribution in [-0.2, 0) is 0 Å². The van der Waals surface area contributed by atoms with E-state index in [1.54, 1.807) is 6.08 Å². The van der Waals surface area contributed by atoms with Crippen molar-refractivity contribution in [3.05, 3.63) is 220 Å². The third-order valence-corrected chi connectivity index (χ3v) is 9.17. The van der Waals surface area contributed by atoms with Crippen LogP contribution in [0.1, 0.15) is 6.92 Å². The molecule has 0 unspecified atom stereocenters. The van der Waals surface area contributed by atoms with Gasteiger partial charge in [-0.3, -0.25) is 0 Å². The predicted octanol–water partition coefficient (Wildman–Crippen LogP) is 13.7. The molecule has 0 aliphatic carbocycles. The monoisotopic (exact) mass is 658 g/mol. The molecule has 0 bridgehead atoms. The van der Waals surface area contributed by atoms with Crippen LogP contribution >= 0.6 is 0 Å². The van der Waals surface area contributed by atoms with E-state index in [4.69, 9.17) is 0 Å². The van der Waals surface area contributed by atoms with E-state index in [2.05, 4.69) is 170 Å². The molecule has 0 aliphatic rings. The molecule has 0 atom stereocenters. The van der Waals surface area contributed by atoms with E-state index >= 15 is 0 Å². The third-order valence-electron chi connectivity index (χ3n) is 9.17. The fourth-order valence-electron chi connectivity index (χ4n) is 6.72. The molecule has 2 nitrogen and oxygen atoms in total. The van der Waals surface area contributed by atoms with Crippen molar-refractivity contribution in [2.24, 2.45) is 0 Å². The fraction of sp³-hybridized carbons (Fsp3) is 0.0204. The molecule has 2 heterocycles. The topological polar surface area (TPSA) is 9.86 Å². The van der Waals surface area contributed by atoms with Crippen molar-refractivity contribution in [1.29, 1.82) is 0 Å². The van der Waals surface area contributed by atoms with Gasteiger partial charge in [0, 0.05) is 27.2 Å². The Morgan fingerprint density at radius 1 is 0.529 bits per heavy atom. The van der Waals surface area contributed by atoms with Gasteiger partial charge in [-0.2, -0.15) is 0 Å². The number of aromatic nitrogens is 2. The van der Waals surface area contributed by atoms with Gasteiger partial charge in [-0.1, -0.05) is 130 Å². The normalized spacial score (nSPS) is 11.7. The number of benzene rings is 5. The van der Waals surface area contributed by atoms with E-state index < -0.39 is 0 Å². The molecule has 0 spiro atoms. The van der Waals surface area contributed by atoms with Crippen LogP contribution in [-0.4, -0.2) is 9.13 Å². The maximum Gasteiger partial charge on any atom is 0.0541 e. The van der Waals surface area contributed by atoms with Crippen LogP contribution < -0.4 is 0 Å². The van der Waals surface area contributed by atoms with Gasteiger partial charge < -0.3 is 9.13 Å². The Hall–Kier alpha value is -6.64. The number of hydrogen-bond donors (Lipinski definition) is 0. The van der Waals surface area contributed by atoms with Gasteiger partial charge in [0.1, 0.15) is 0 Å². The van der Waals surface area contributed by atoms with Gasteiger partial charge in [0.25, 0.3) is 0 Å². The largest absolute Gasteiger partial charge is 0.309 e. The lowest BCUT2D eigenvalue weighted by Gasteiger charge is -2.16. The van der Waals surface area contributed by atoms with Crippen LogP contribution in [0.3, 0.4) is 0 Å². The fourth-order valence-corrected chi connectivity index (χ4v) is 6.72. The molecule has 0 saturated carbocycles. The first-order valence-corrected chi connectivity index (χ1v) is 16.9. The average molecular weight is 659 g/mol. The Kier molecular flexibility index (Phi) is 9.97. The summed E-state index contributed by atoms with van der Waals surface area (Å²) in [5.41, 5.74) is 12.2. The number of hydrogen-bond acceptors (Lipinski definition) is 0. The highest BCUT2D eigenvalue weighted by Crippen LogP contribution is 2.39.